The van der Waals surface area contributed by atoms with Crippen molar-refractivity contribution in [1.82, 2.24) is 60.9 Å². The normalized spacial score (nSPS) is 22.0. The van der Waals surface area contributed by atoms with Crippen molar-refractivity contribution in [2.75, 3.05) is 69.0 Å². The van der Waals surface area contributed by atoms with Crippen LogP contribution in [0.25, 0.3) is 0 Å². The lowest BCUT2D eigenvalue weighted by Crippen LogP contribution is -2.62. The molecule has 800 valence electrons. The van der Waals surface area contributed by atoms with Gasteiger partial charge in [0.05, 0.1) is 36.8 Å². The van der Waals surface area contributed by atoms with Gasteiger partial charge in [-0.2, -0.15) is 0 Å². The third-order valence-electron chi connectivity index (χ3n) is 26.2. The molecule has 0 aliphatic carbocycles. The van der Waals surface area contributed by atoms with Gasteiger partial charge in [-0.1, -0.05) is 104 Å². The van der Waals surface area contributed by atoms with E-state index in [1.807, 2.05) is 46.9 Å². The maximum Gasteiger partial charge on any atom is 0.322 e. The van der Waals surface area contributed by atoms with Crippen molar-refractivity contribution >= 4 is 136 Å². The van der Waals surface area contributed by atoms with Gasteiger partial charge in [0.2, 0.25) is 65.0 Å². The van der Waals surface area contributed by atoms with Gasteiger partial charge in [0.1, 0.15) is 36.8 Å². The molecular weight excluding hydrogens is 1840 g/mol. The second kappa shape index (κ2) is 62.2. The van der Waals surface area contributed by atoms with Crippen LogP contribution in [0.4, 0.5) is 0 Å². The highest BCUT2D eigenvalue weighted by Gasteiger charge is 2.47. The summed E-state index contributed by atoms with van der Waals surface area (Å²) in [5, 5.41) is 93.3. The Morgan fingerprint density at radius 2 is 0.780 bits per heavy atom. The van der Waals surface area contributed by atoms with Crippen LogP contribution in [-0.2, 0) is 110 Å². The van der Waals surface area contributed by atoms with Gasteiger partial charge < -0.3 is 102 Å². The largest absolute Gasteiger partial charge is 0.481 e. The van der Waals surface area contributed by atoms with Crippen molar-refractivity contribution < 1.29 is 151 Å². The van der Waals surface area contributed by atoms with E-state index < -0.39 is 358 Å². The zero-order valence-electron chi connectivity index (χ0n) is 86.8. The molecule has 18 atom stereocenters. The molecule has 141 heavy (non-hydrogen) atoms. The summed E-state index contributed by atoms with van der Waals surface area (Å²) in [4.78, 5) is 327. The molecule has 0 bridgehead atoms. The van der Waals surface area contributed by atoms with Crippen LogP contribution in [-0.4, -0.2) is 346 Å². The molecule has 0 radical (unpaired) electrons. The van der Waals surface area contributed by atoms with Gasteiger partial charge >= 0.3 is 41.8 Å². The average molecular weight is 2000 g/mol. The molecule has 0 saturated carbocycles. The molecule has 0 aromatic rings. The van der Waals surface area contributed by atoms with Gasteiger partial charge in [0.15, 0.2) is 28.9 Å². The number of rotatable bonds is 51. The Labute approximate surface area is 827 Å². The van der Waals surface area contributed by atoms with Crippen LogP contribution in [0.15, 0.2) is 0 Å². The third-order valence-corrected chi connectivity index (χ3v) is 26.2. The zero-order valence-corrected chi connectivity index (χ0v) is 86.8. The highest BCUT2D eigenvalue weighted by atomic mass is 16.4. The third kappa shape index (κ3) is 44.0. The summed E-state index contributed by atoms with van der Waals surface area (Å²) in [6.45, 7) is 25.6. The van der Waals surface area contributed by atoms with E-state index in [1.54, 1.807) is 48.5 Å². The standard InChI is InChI=1S/C98H162N12O31/c1-24-61-46-77(115)87(88(131)58(14)39-40-99-65(30-36-82(123)124)29-25-62(26-33-79(117)118)91(134)102-67(31-37-83(125)126)74(112)48-64(28-35-81(121)122)92(135)103-68(32-38-84(127)128)73(111)47-63(27-34-80(119)120)90(133)100-50-85(129)130)110(23)98(141)86(57(12)13)109(22)97(140)72(44-55(8)9)108(21)96(139)71(43-54(6)7)107(20)93(136)60(16)101-89(132)59(15)45-75(113)70(42-53(4)5)106(19)95(138)66(56(10)11)49-76(114)69(41-52(2)3)105(18)78(116)51-104(17)94(61)137/h52-72,86-88,99,131H,24-51H2,1-23H3,(H,100,133)(H,101,132)(H,102,134)(H,103,135)(H,117,118)(H,119,120)(H,121,122)(H,123,124)(H,125,126)(H,127,128)(H,129,130)/t58-,59-,60-,61-,62-,63+,64+,65+,66+,67-,68-,69+,70+,71+,72+,86+,87-,88-/m1/s1. The number of carboxylic acid groups (broad SMARTS) is 7. The second-order valence-electron chi connectivity index (χ2n) is 40.5. The molecule has 11 amide bonds. The number of likely N-dealkylation sites (N-methyl/N-ethyl adjacent to an activating group) is 7. The van der Waals surface area contributed by atoms with E-state index in [0.29, 0.717) is 0 Å². The minimum atomic E-state index is -1.87. The van der Waals surface area contributed by atoms with E-state index >= 15 is 19.2 Å². The Morgan fingerprint density at radius 3 is 1.21 bits per heavy atom. The van der Waals surface area contributed by atoms with Crippen LogP contribution < -0.4 is 26.6 Å². The molecule has 1 fully saturated rings. The molecule has 1 saturated heterocycles. The Bertz CT molecular complexity index is 4310. The molecule has 1 heterocycles. The number of nitrogens with one attached hydrogen (secondary N) is 5. The first-order valence-corrected chi connectivity index (χ1v) is 49.0. The average Bonchev–Trinajstić information content (AvgIpc) is 0.818. The minimum absolute atomic E-state index is 0.00105. The van der Waals surface area contributed by atoms with Crippen LogP contribution in [0.5, 0.6) is 0 Å². The monoisotopic (exact) mass is 2000 g/mol. The van der Waals surface area contributed by atoms with E-state index in [4.69, 9.17) is 5.11 Å². The van der Waals surface area contributed by atoms with Gasteiger partial charge in [0.25, 0.3) is 0 Å². The fourth-order valence-electron chi connectivity index (χ4n) is 17.5. The molecule has 0 aromatic heterocycles. The number of nitrogens with zero attached hydrogens (tertiary/aromatic N) is 7. The number of carbonyl (C=O) groups is 23. The van der Waals surface area contributed by atoms with Crippen molar-refractivity contribution in [2.24, 2.45) is 76.9 Å². The molecule has 0 unspecified atom stereocenters. The number of Topliss-reactive ketones (excluding diaryl/α,β-unsaturated/α-hetero) is 5. The predicted molar refractivity (Wildman–Crippen MR) is 514 cm³/mol. The molecule has 43 heteroatoms. The van der Waals surface area contributed by atoms with Crippen LogP contribution >= 0.6 is 0 Å². The van der Waals surface area contributed by atoms with E-state index in [9.17, 15) is 127 Å². The molecule has 43 nitrogen and oxygen atoms in total. The number of aliphatic hydroxyl groups is 1. The molecule has 0 aromatic carbocycles. The first-order chi connectivity index (χ1) is 65.3. The number of amides is 11. The maximum atomic E-state index is 15.8. The van der Waals surface area contributed by atoms with E-state index in [0.717, 1.165) is 14.7 Å². The molecule has 1 rings (SSSR count). The lowest BCUT2D eigenvalue weighted by Gasteiger charge is -2.41. The fourth-order valence-corrected chi connectivity index (χ4v) is 17.5. The van der Waals surface area contributed by atoms with Gasteiger partial charge in [-0.05, 0) is 145 Å². The minimum Gasteiger partial charge on any atom is -0.481 e. The molecule has 1 aliphatic rings. The second-order valence-corrected chi connectivity index (χ2v) is 40.5. The highest BCUT2D eigenvalue weighted by molar-refractivity contribution is 6.01. The van der Waals surface area contributed by atoms with Crippen molar-refractivity contribution in [3.63, 3.8) is 0 Å². The van der Waals surface area contributed by atoms with Gasteiger partial charge in [-0.15, -0.1) is 0 Å². The first-order valence-electron chi connectivity index (χ1n) is 49.0. The number of aliphatic carboxylic acids is 7. The lowest BCUT2D eigenvalue weighted by atomic mass is 9.84. The van der Waals surface area contributed by atoms with E-state index in [2.05, 4.69) is 21.3 Å². The van der Waals surface area contributed by atoms with Crippen molar-refractivity contribution in [1.29, 1.82) is 0 Å². The number of carboxylic acids is 7. The van der Waals surface area contributed by atoms with Crippen molar-refractivity contribution in [3.8, 4) is 0 Å². The molecule has 1 aliphatic heterocycles. The zero-order chi connectivity index (χ0) is 109. The van der Waals surface area contributed by atoms with Gasteiger partial charge in [0, 0.05) is 162 Å². The summed E-state index contributed by atoms with van der Waals surface area (Å²) in [7, 11) is 9.48. The van der Waals surface area contributed by atoms with Crippen LogP contribution in [0.1, 0.15) is 271 Å². The van der Waals surface area contributed by atoms with Gasteiger partial charge in [-0.3, -0.25) is 110 Å². The maximum absolute atomic E-state index is 15.8. The summed E-state index contributed by atoms with van der Waals surface area (Å²) < 4.78 is 0. The number of hydrogen-bond donors (Lipinski definition) is 13. The fraction of sp³-hybridized carbons (Fsp3) is 0.765. The van der Waals surface area contributed by atoms with E-state index in [1.165, 1.54) is 89.7 Å². The Hall–Kier alpha value is -11.3. The first kappa shape index (κ1) is 128. The number of ketones is 5. The van der Waals surface area contributed by atoms with Crippen molar-refractivity contribution in [2.45, 2.75) is 338 Å². The Morgan fingerprint density at radius 1 is 0.390 bits per heavy atom. The summed E-state index contributed by atoms with van der Waals surface area (Å²) >= 11 is 0. The molecular formula is C98H162N12O31. The van der Waals surface area contributed by atoms with Crippen LogP contribution in [0, 0.1) is 76.9 Å². The smallest absolute Gasteiger partial charge is 0.322 e. The highest BCUT2D eigenvalue weighted by Crippen LogP contribution is 2.32. The topological polar surface area (TPSA) is 637 Å². The lowest BCUT2D eigenvalue weighted by molar-refractivity contribution is -0.157. The Kier molecular flexibility index (Phi) is 56.4. The van der Waals surface area contributed by atoms with E-state index in [-0.39, 0.29) is 101 Å². The van der Waals surface area contributed by atoms with Gasteiger partial charge in [-0.25, -0.2) is 0 Å². The number of carbonyl (C=O) groups excluding carboxylic acids is 16. The van der Waals surface area contributed by atoms with Crippen LogP contribution in [0.3, 0.4) is 0 Å². The SMILES string of the molecule is CC[C@@H]1CC(=O)[C@H]([C@H](O)[C@H](C)CCN[C@H](CCC(=O)O)CC[C@H](CCC(=O)O)C(=O)N[C@H](CCC(=O)O)C(=O)C[C@H](CCC(=O)O)C(=O)N[C@H](CCC(=O)O)C(=O)C[C@H](CCC(=O)O)C(=O)NCC(=O)O)N(C)C(=O)[C@H](C(C)C)N(C)C(=O)[C@H](CC(C)C)N(C)C(=O)[C@H](CC(C)C)N(C)C(=O)[C@@H](C)NC(=O)[C@H](C)CC(=O)[C@H](CC(C)C)N(C)C(=O)[C@H](C(C)C)CC(=O)[C@H](CC(C)C)N(C)C(=O)CN(C)C1=O. The number of hydrogen-bond acceptors (Lipinski definition) is 25. The number of aliphatic hydroxyl groups excluding tert-OH is 1. The predicted octanol–water partition coefficient (Wildman–Crippen LogP) is 4.83. The van der Waals surface area contributed by atoms with Crippen molar-refractivity contribution in [3.05, 3.63) is 0 Å². The molecule has 0 spiro atoms. The summed E-state index contributed by atoms with van der Waals surface area (Å²) in [6.07, 6.45) is -13.1. The summed E-state index contributed by atoms with van der Waals surface area (Å²) in [5.41, 5.74) is 0. The summed E-state index contributed by atoms with van der Waals surface area (Å²) in [5.74, 6) is -34.6. The quantitative estimate of drug-likeness (QED) is 0.0388. The van der Waals surface area contributed by atoms with Crippen LogP contribution in [0.2, 0.25) is 0 Å². The molecule has 13 N–H and O–H groups in total. The summed E-state index contributed by atoms with van der Waals surface area (Å²) in [6, 6.07) is -14.0. The Balaban J connectivity index is 4.37.